The van der Waals surface area contributed by atoms with E-state index in [0.29, 0.717) is 12.1 Å². The first kappa shape index (κ1) is 23.9. The van der Waals surface area contributed by atoms with Crippen LogP contribution in [0.3, 0.4) is 0 Å². The second-order valence-corrected chi connectivity index (χ2v) is 9.29. The third-order valence-electron chi connectivity index (χ3n) is 3.96. The fourth-order valence-electron chi connectivity index (χ4n) is 2.01. The maximum absolute atomic E-state index is 12.4. The molecule has 25 heavy (non-hydrogen) atoms. The van der Waals surface area contributed by atoms with Crippen LogP contribution in [0.25, 0.3) is 0 Å². The largest absolute Gasteiger partial charge is 0.345 e. The van der Waals surface area contributed by atoms with Crippen molar-refractivity contribution in [3.8, 4) is 0 Å². The van der Waals surface area contributed by atoms with E-state index in [1.165, 1.54) is 24.3 Å². The first-order chi connectivity index (χ1) is 10.8. The number of benzene rings is 1. The van der Waals surface area contributed by atoms with Crippen molar-refractivity contribution in [1.29, 1.82) is 0 Å². The Kier molecular flexibility index (Phi) is 8.10. The number of carbonyl (C=O) groups is 1. The minimum atomic E-state index is -3.62. The van der Waals surface area contributed by atoms with Crippen LogP contribution in [-0.2, 0) is 10.0 Å². The molecular formula is C17H30ClN3O3S. The summed E-state index contributed by atoms with van der Waals surface area (Å²) in [5, 5.41) is 2.93. The molecule has 0 saturated heterocycles. The first-order valence-electron chi connectivity index (χ1n) is 7.97. The average molecular weight is 392 g/mol. The summed E-state index contributed by atoms with van der Waals surface area (Å²) in [6.07, 6.45) is 0. The molecule has 0 spiro atoms. The Hall–Kier alpha value is -1.15. The minimum Gasteiger partial charge on any atom is -0.345 e. The van der Waals surface area contributed by atoms with Crippen molar-refractivity contribution in [1.82, 2.24) is 10.0 Å². The van der Waals surface area contributed by atoms with Crippen LogP contribution in [0.1, 0.15) is 51.9 Å². The van der Waals surface area contributed by atoms with Crippen molar-refractivity contribution < 1.29 is 13.2 Å². The van der Waals surface area contributed by atoms with E-state index < -0.39 is 21.1 Å². The molecule has 6 nitrogen and oxygen atoms in total. The second-order valence-electron chi connectivity index (χ2n) is 7.61. The van der Waals surface area contributed by atoms with E-state index in [0.717, 1.165) is 0 Å². The molecule has 144 valence electrons. The summed E-state index contributed by atoms with van der Waals surface area (Å²) in [6, 6.07) is 5.87. The highest BCUT2D eigenvalue weighted by Crippen LogP contribution is 2.17. The van der Waals surface area contributed by atoms with Gasteiger partial charge >= 0.3 is 0 Å². The number of rotatable bonds is 6. The Morgan fingerprint density at radius 3 is 1.96 bits per heavy atom. The highest BCUT2D eigenvalue weighted by atomic mass is 35.5. The highest BCUT2D eigenvalue weighted by molar-refractivity contribution is 7.89. The maximum Gasteiger partial charge on any atom is 0.251 e. The van der Waals surface area contributed by atoms with Crippen LogP contribution < -0.4 is 15.8 Å². The summed E-state index contributed by atoms with van der Waals surface area (Å²) in [6.45, 7) is 11.5. The molecule has 1 unspecified atom stereocenters. The van der Waals surface area contributed by atoms with Crippen LogP contribution in [0.2, 0.25) is 0 Å². The van der Waals surface area contributed by atoms with Crippen molar-refractivity contribution in [3.05, 3.63) is 29.8 Å². The standard InChI is InChI=1S/C17H29N3O3S.ClH/c1-12(2)17(6,11-18)19-15(21)13-7-9-14(10-8-13)24(22,23)20-16(3,4)5;/h7-10,12,20H,11,18H2,1-6H3,(H,19,21);1H. The van der Waals surface area contributed by atoms with Gasteiger partial charge in [-0.15, -0.1) is 12.4 Å². The lowest BCUT2D eigenvalue weighted by Gasteiger charge is -2.33. The zero-order chi connectivity index (χ0) is 18.8. The fraction of sp³-hybridized carbons (Fsp3) is 0.588. The molecular weight excluding hydrogens is 362 g/mol. The summed E-state index contributed by atoms with van der Waals surface area (Å²) in [5.74, 6) is -0.105. The van der Waals surface area contributed by atoms with Gasteiger partial charge in [-0.05, 0) is 57.9 Å². The van der Waals surface area contributed by atoms with Gasteiger partial charge in [-0.1, -0.05) is 13.8 Å². The fourth-order valence-corrected chi connectivity index (χ4v) is 3.43. The molecule has 1 amide bonds. The average Bonchev–Trinajstić information content (AvgIpc) is 2.44. The van der Waals surface area contributed by atoms with Crippen molar-refractivity contribution >= 4 is 28.3 Å². The van der Waals surface area contributed by atoms with Crippen molar-refractivity contribution in [2.24, 2.45) is 11.7 Å². The monoisotopic (exact) mass is 391 g/mol. The zero-order valence-corrected chi connectivity index (χ0v) is 17.3. The van der Waals surface area contributed by atoms with Crippen molar-refractivity contribution in [2.75, 3.05) is 6.54 Å². The van der Waals surface area contributed by atoms with Gasteiger partial charge in [-0.2, -0.15) is 0 Å². The van der Waals surface area contributed by atoms with Gasteiger partial charge in [0.25, 0.3) is 5.91 Å². The molecule has 0 aliphatic heterocycles. The van der Waals surface area contributed by atoms with E-state index in [2.05, 4.69) is 10.0 Å². The quantitative estimate of drug-likeness (QED) is 0.692. The van der Waals surface area contributed by atoms with E-state index in [-0.39, 0.29) is 29.1 Å². The van der Waals surface area contributed by atoms with Gasteiger partial charge < -0.3 is 11.1 Å². The van der Waals surface area contributed by atoms with Gasteiger partial charge in [0.15, 0.2) is 0 Å². The Bertz CT molecular complexity index is 682. The molecule has 0 saturated carbocycles. The van der Waals surface area contributed by atoms with Crippen LogP contribution in [0.5, 0.6) is 0 Å². The molecule has 0 heterocycles. The van der Waals surface area contributed by atoms with Gasteiger partial charge in [0.05, 0.1) is 10.4 Å². The Balaban J connectivity index is 0.00000576. The van der Waals surface area contributed by atoms with E-state index >= 15 is 0 Å². The lowest BCUT2D eigenvalue weighted by molar-refractivity contribution is 0.0883. The Labute approximate surface area is 157 Å². The van der Waals surface area contributed by atoms with E-state index in [1.807, 2.05) is 20.8 Å². The molecule has 0 aliphatic rings. The minimum absolute atomic E-state index is 0. The second kappa shape index (κ2) is 8.49. The molecule has 0 radical (unpaired) electrons. The van der Waals surface area contributed by atoms with Crippen molar-refractivity contribution in [2.45, 2.75) is 57.5 Å². The van der Waals surface area contributed by atoms with Gasteiger partial charge in [0.2, 0.25) is 10.0 Å². The van der Waals surface area contributed by atoms with E-state index in [1.54, 1.807) is 20.8 Å². The number of halogens is 1. The van der Waals surface area contributed by atoms with E-state index in [4.69, 9.17) is 5.73 Å². The third-order valence-corrected chi connectivity index (χ3v) is 5.74. The molecule has 0 bridgehead atoms. The number of hydrogen-bond acceptors (Lipinski definition) is 4. The van der Waals surface area contributed by atoms with Crippen LogP contribution in [0.15, 0.2) is 29.2 Å². The van der Waals surface area contributed by atoms with Crippen molar-refractivity contribution in [3.63, 3.8) is 0 Å². The number of amides is 1. The van der Waals surface area contributed by atoms with Crippen LogP contribution in [0.4, 0.5) is 0 Å². The van der Waals surface area contributed by atoms with Gasteiger partial charge in [-0.25, -0.2) is 13.1 Å². The topological polar surface area (TPSA) is 101 Å². The summed E-state index contributed by atoms with van der Waals surface area (Å²) >= 11 is 0. The molecule has 4 N–H and O–H groups in total. The SMILES string of the molecule is CC(C)C(C)(CN)NC(=O)c1ccc(S(=O)(=O)NC(C)(C)C)cc1.Cl. The van der Waals surface area contributed by atoms with E-state index in [9.17, 15) is 13.2 Å². The summed E-state index contributed by atoms with van der Waals surface area (Å²) in [4.78, 5) is 12.5. The smallest absolute Gasteiger partial charge is 0.251 e. The maximum atomic E-state index is 12.4. The highest BCUT2D eigenvalue weighted by Gasteiger charge is 2.29. The zero-order valence-electron chi connectivity index (χ0n) is 15.7. The Morgan fingerprint density at radius 1 is 1.12 bits per heavy atom. The normalized spacial score (nSPS) is 14.6. The molecule has 0 aromatic heterocycles. The molecule has 8 heteroatoms. The molecule has 0 aliphatic carbocycles. The number of hydrogen-bond donors (Lipinski definition) is 3. The number of carbonyl (C=O) groups excluding carboxylic acids is 1. The number of sulfonamides is 1. The summed E-state index contributed by atoms with van der Waals surface area (Å²) < 4.78 is 27.1. The van der Waals surface area contributed by atoms with Gasteiger partial charge in [0.1, 0.15) is 0 Å². The molecule has 1 aromatic carbocycles. The summed E-state index contributed by atoms with van der Waals surface area (Å²) in [5.41, 5.74) is 5.07. The Morgan fingerprint density at radius 2 is 1.60 bits per heavy atom. The predicted octanol–water partition coefficient (Wildman–Crippen LogP) is 2.29. The van der Waals surface area contributed by atoms with Crippen LogP contribution in [0, 0.1) is 5.92 Å². The summed E-state index contributed by atoms with van der Waals surface area (Å²) in [7, 11) is -3.62. The third kappa shape index (κ3) is 6.58. The number of nitrogens with one attached hydrogen (secondary N) is 2. The first-order valence-corrected chi connectivity index (χ1v) is 9.46. The lowest BCUT2D eigenvalue weighted by Crippen LogP contribution is -2.55. The molecule has 1 rings (SSSR count). The number of nitrogens with two attached hydrogens (primary N) is 1. The predicted molar refractivity (Wildman–Crippen MR) is 104 cm³/mol. The molecule has 1 atom stereocenters. The lowest BCUT2D eigenvalue weighted by atomic mass is 9.88. The van der Waals surface area contributed by atoms with Gasteiger partial charge in [-0.3, -0.25) is 4.79 Å². The molecule has 1 aromatic rings. The molecule has 0 fully saturated rings. The van der Waals surface area contributed by atoms with Crippen LogP contribution >= 0.6 is 12.4 Å². The van der Waals surface area contributed by atoms with Gasteiger partial charge in [0, 0.05) is 17.6 Å². The van der Waals surface area contributed by atoms with Crippen LogP contribution in [-0.4, -0.2) is 31.9 Å².